The van der Waals surface area contributed by atoms with Crippen molar-refractivity contribution in [3.8, 4) is 27.8 Å². The maximum atomic E-state index is 14.9. The minimum Gasteiger partial charge on any atom is -0.502 e. The first-order valence-corrected chi connectivity index (χ1v) is 17.9. The number of hydrogen-bond acceptors (Lipinski definition) is 9. The summed E-state index contributed by atoms with van der Waals surface area (Å²) in [6, 6.07) is 10.8. The van der Waals surface area contributed by atoms with Crippen molar-refractivity contribution in [3.05, 3.63) is 70.3 Å². The fourth-order valence-electron chi connectivity index (χ4n) is 8.78. The number of aromatic hydroxyl groups is 1. The summed E-state index contributed by atoms with van der Waals surface area (Å²) >= 11 is 7.86. The van der Waals surface area contributed by atoms with Crippen molar-refractivity contribution in [1.29, 1.82) is 0 Å². The van der Waals surface area contributed by atoms with E-state index in [0.29, 0.717) is 28.5 Å². The molecule has 262 valence electrons. The number of phenolic OH excluding ortho intramolecular Hbond substituents is 1. The summed E-state index contributed by atoms with van der Waals surface area (Å²) < 4.78 is 13.3. The predicted octanol–water partition coefficient (Wildman–Crippen LogP) is 6.05. The molecule has 6 unspecified atom stereocenters. The van der Waals surface area contributed by atoms with Crippen LogP contribution in [0.15, 0.2) is 54.1 Å². The van der Waals surface area contributed by atoms with Crippen LogP contribution < -0.4 is 19.7 Å². The van der Waals surface area contributed by atoms with Gasteiger partial charge in [-0.25, -0.2) is 4.90 Å². The maximum absolute atomic E-state index is 14.9. The number of methoxy groups -OCH3 is 2. The SMILES string of the molecule is COc1cc(C=CC2C3=CCC4C(=O)NC(=O)C4C3CC3C(=O)N(c4cc(-c5sc6ccc(Cl)cc6c5C)nn4C)C(=O)C23C)cc(OC)c1O. The molecule has 0 radical (unpaired) electrons. The van der Waals surface area contributed by atoms with Gasteiger partial charge in [-0.05, 0) is 79.5 Å². The molecule has 2 aromatic heterocycles. The van der Waals surface area contributed by atoms with E-state index < -0.39 is 35.0 Å². The van der Waals surface area contributed by atoms with Crippen molar-refractivity contribution in [1.82, 2.24) is 15.1 Å². The van der Waals surface area contributed by atoms with Gasteiger partial charge in [-0.3, -0.25) is 29.2 Å². The third-order valence-electron chi connectivity index (χ3n) is 11.4. The first kappa shape index (κ1) is 33.2. The standard InChI is InChI=1S/C38H35ClN4O7S/c1-17-22-14-19(39)7-11-29(22)51-33(17)26-16-30(42(3)41-26)43-36(47)25-15-23-20(8-9-21-31(23)35(46)40-34(21)45)24(38(25,2)37(43)48)10-6-18-12-27(49-4)32(44)28(13-18)50-5/h6-8,10-14,16,21,23-25,31,44H,9,15H2,1-5H3,(H,40,45,46). The molecule has 1 saturated carbocycles. The maximum Gasteiger partial charge on any atom is 0.242 e. The van der Waals surface area contributed by atoms with E-state index in [0.717, 1.165) is 26.1 Å². The summed E-state index contributed by atoms with van der Waals surface area (Å²) in [6.07, 6.45) is 6.29. The molecule has 6 atom stereocenters. The Hall–Kier alpha value is -4.94. The van der Waals surface area contributed by atoms with E-state index in [1.54, 1.807) is 41.3 Å². The molecule has 2 aromatic carbocycles. The highest BCUT2D eigenvalue weighted by Crippen LogP contribution is 2.60. The lowest BCUT2D eigenvalue weighted by atomic mass is 9.52. The van der Waals surface area contributed by atoms with Crippen LogP contribution in [0.4, 0.5) is 5.82 Å². The van der Waals surface area contributed by atoms with Crippen molar-refractivity contribution in [3.63, 3.8) is 0 Å². The molecular weight excluding hydrogens is 692 g/mol. The minimum absolute atomic E-state index is 0.141. The topological polar surface area (TPSA) is 140 Å². The van der Waals surface area contributed by atoms with Crippen molar-refractivity contribution in [2.75, 3.05) is 19.1 Å². The Kier molecular flexibility index (Phi) is 7.69. The number of allylic oxidation sites excluding steroid dienone is 3. The summed E-state index contributed by atoms with van der Waals surface area (Å²) in [6.45, 7) is 3.83. The lowest BCUT2D eigenvalue weighted by Gasteiger charge is -2.47. The van der Waals surface area contributed by atoms with E-state index >= 15 is 0 Å². The van der Waals surface area contributed by atoms with Crippen LogP contribution in [0.5, 0.6) is 17.2 Å². The molecule has 0 bridgehead atoms. The summed E-state index contributed by atoms with van der Waals surface area (Å²) in [5, 5.41) is 19.4. The van der Waals surface area contributed by atoms with Gasteiger partial charge < -0.3 is 14.6 Å². The number of anilines is 1. The third kappa shape index (κ3) is 4.79. The number of thiophene rings is 1. The first-order chi connectivity index (χ1) is 24.4. The third-order valence-corrected chi connectivity index (χ3v) is 12.9. The first-order valence-electron chi connectivity index (χ1n) is 16.7. The van der Waals surface area contributed by atoms with Crippen LogP contribution in [0.2, 0.25) is 5.02 Å². The van der Waals surface area contributed by atoms with Crippen molar-refractivity contribution in [2.24, 2.45) is 42.1 Å². The van der Waals surface area contributed by atoms with Crippen LogP contribution in [0, 0.1) is 41.9 Å². The average molecular weight is 727 g/mol. The van der Waals surface area contributed by atoms with Gasteiger partial charge in [0.1, 0.15) is 11.5 Å². The molecule has 3 fully saturated rings. The zero-order valence-electron chi connectivity index (χ0n) is 28.5. The molecule has 2 aliphatic carbocycles. The van der Waals surface area contributed by atoms with E-state index in [1.807, 2.05) is 50.3 Å². The van der Waals surface area contributed by atoms with Gasteiger partial charge in [0.25, 0.3) is 0 Å². The predicted molar refractivity (Wildman–Crippen MR) is 193 cm³/mol. The van der Waals surface area contributed by atoms with E-state index in [4.69, 9.17) is 26.2 Å². The molecule has 13 heteroatoms. The normalized spacial score (nSPS) is 27.1. The highest BCUT2D eigenvalue weighted by atomic mass is 35.5. The Labute approximate surface area is 302 Å². The Morgan fingerprint density at radius 1 is 1.06 bits per heavy atom. The van der Waals surface area contributed by atoms with Gasteiger partial charge in [0.15, 0.2) is 11.5 Å². The quantitative estimate of drug-likeness (QED) is 0.181. The molecule has 0 spiro atoms. The van der Waals surface area contributed by atoms with E-state index in [1.165, 1.54) is 19.1 Å². The van der Waals surface area contributed by atoms with Gasteiger partial charge in [-0.15, -0.1) is 11.3 Å². The van der Waals surface area contributed by atoms with Crippen LogP contribution in [0.1, 0.15) is 30.9 Å². The Morgan fingerprint density at radius 2 is 1.78 bits per heavy atom. The Morgan fingerprint density at radius 3 is 2.49 bits per heavy atom. The fourth-order valence-corrected chi connectivity index (χ4v) is 10.1. The van der Waals surface area contributed by atoms with Gasteiger partial charge in [-0.1, -0.05) is 35.4 Å². The molecule has 4 aromatic rings. The number of hydrogen-bond donors (Lipinski definition) is 2. The van der Waals surface area contributed by atoms with Gasteiger partial charge >= 0.3 is 0 Å². The number of fused-ring (bicyclic) bond motifs is 5. The second-order valence-corrected chi connectivity index (χ2v) is 15.4. The summed E-state index contributed by atoms with van der Waals surface area (Å²) in [4.78, 5) is 57.7. The second kappa shape index (κ2) is 11.8. The number of amides is 4. The number of nitrogens with zero attached hydrogens (tertiary/aromatic N) is 3. The van der Waals surface area contributed by atoms with E-state index in [-0.39, 0.29) is 47.3 Å². The van der Waals surface area contributed by atoms with Crippen LogP contribution in [-0.2, 0) is 26.2 Å². The molecule has 11 nitrogen and oxygen atoms in total. The van der Waals surface area contributed by atoms with Crippen LogP contribution in [0.25, 0.3) is 26.7 Å². The highest BCUT2D eigenvalue weighted by molar-refractivity contribution is 7.22. The number of ether oxygens (including phenoxy) is 2. The zero-order valence-corrected chi connectivity index (χ0v) is 30.1. The summed E-state index contributed by atoms with van der Waals surface area (Å²) in [5.74, 6) is -3.69. The van der Waals surface area contributed by atoms with Crippen LogP contribution in [-0.4, -0.2) is 52.7 Å². The Balaban J connectivity index is 1.23. The molecule has 4 aliphatic rings. The second-order valence-electron chi connectivity index (χ2n) is 13.9. The molecule has 4 amide bonds. The van der Waals surface area contributed by atoms with Gasteiger partial charge in [0, 0.05) is 28.8 Å². The van der Waals surface area contributed by atoms with Crippen molar-refractivity contribution < 1.29 is 33.8 Å². The number of rotatable bonds is 6. The van der Waals surface area contributed by atoms with Gasteiger partial charge in [0.2, 0.25) is 29.4 Å². The lowest BCUT2D eigenvalue weighted by molar-refractivity contribution is -0.132. The molecule has 51 heavy (non-hydrogen) atoms. The molecule has 2 saturated heterocycles. The molecule has 2 N–H and O–H groups in total. The molecule has 8 rings (SSSR count). The Bertz CT molecular complexity index is 2250. The smallest absolute Gasteiger partial charge is 0.242 e. The number of phenols is 1. The lowest BCUT2D eigenvalue weighted by Crippen LogP contribution is -2.49. The van der Waals surface area contributed by atoms with Crippen molar-refractivity contribution >= 4 is 68.5 Å². The van der Waals surface area contributed by atoms with E-state index in [9.17, 15) is 24.3 Å². The number of aromatic nitrogens is 2. The number of carbonyl (C=O) groups is 4. The highest BCUT2D eigenvalue weighted by Gasteiger charge is 2.66. The minimum atomic E-state index is -1.22. The summed E-state index contributed by atoms with van der Waals surface area (Å²) in [5.41, 5.74) is 1.92. The number of benzene rings is 2. The molecule has 2 aliphatic heterocycles. The number of halogens is 1. The van der Waals surface area contributed by atoms with Gasteiger partial charge in [-0.2, -0.15) is 5.10 Å². The zero-order chi connectivity index (χ0) is 36.1. The molecule has 4 heterocycles. The van der Waals surface area contributed by atoms with Crippen LogP contribution in [0.3, 0.4) is 0 Å². The number of imide groups is 2. The number of carbonyl (C=O) groups excluding carboxylic acids is 4. The number of aryl methyl sites for hydroxylation is 2. The largest absolute Gasteiger partial charge is 0.502 e. The fraction of sp³-hybridized carbons (Fsp3) is 0.342. The number of nitrogens with one attached hydrogen (secondary N) is 1. The summed E-state index contributed by atoms with van der Waals surface area (Å²) in [7, 11) is 4.60. The molecular formula is C38H35ClN4O7S. The monoisotopic (exact) mass is 726 g/mol. The van der Waals surface area contributed by atoms with E-state index in [2.05, 4.69) is 5.32 Å². The van der Waals surface area contributed by atoms with Crippen LogP contribution >= 0.6 is 22.9 Å². The van der Waals surface area contributed by atoms with Gasteiger partial charge in [0.05, 0.1) is 42.3 Å². The average Bonchev–Trinajstić information content (AvgIpc) is 3.79. The van der Waals surface area contributed by atoms with Crippen molar-refractivity contribution in [2.45, 2.75) is 26.7 Å².